The van der Waals surface area contributed by atoms with Gasteiger partial charge in [-0.05, 0) is 57.4 Å². The number of imidazole rings is 1. The summed E-state index contributed by atoms with van der Waals surface area (Å²) in [6, 6.07) is 13.4. The standard InChI is InChI=1S/C40H53N3O5S/c1-5-6-7-8-9-10-11-12-13-14-15-16-17-21-29-22-20-25-33(48-27(2)3)35(29)37-34(38(44)45)28(4)41-32(36(37)39(46)47)26-49-40-42-30-23-18-19-24-31(30)43-40/h18-20,22-25,27H,5-17,21,26H2,1-4H3,(H,42,43)(H,44,45)(H,46,47). The molecule has 8 nitrogen and oxygen atoms in total. The van der Waals surface area contributed by atoms with E-state index in [1.807, 2.05) is 50.2 Å². The van der Waals surface area contributed by atoms with Crippen LogP contribution in [0.4, 0.5) is 0 Å². The van der Waals surface area contributed by atoms with Gasteiger partial charge in [-0.25, -0.2) is 14.6 Å². The summed E-state index contributed by atoms with van der Waals surface area (Å²) in [5.74, 6) is -1.77. The Bertz CT molecular complexity index is 1650. The van der Waals surface area contributed by atoms with E-state index in [1.165, 1.54) is 76.0 Å². The predicted octanol–water partition coefficient (Wildman–Crippen LogP) is 11.0. The first kappa shape index (κ1) is 38.0. The number of ether oxygens (including phenoxy) is 1. The Morgan fingerprint density at radius 3 is 1.98 bits per heavy atom. The van der Waals surface area contributed by atoms with Crippen molar-refractivity contribution in [1.29, 1.82) is 0 Å². The van der Waals surface area contributed by atoms with Crippen molar-refractivity contribution in [3.05, 3.63) is 70.5 Å². The number of carbonyl (C=O) groups is 2. The highest BCUT2D eigenvalue weighted by atomic mass is 32.2. The maximum atomic E-state index is 13.1. The molecule has 0 fully saturated rings. The van der Waals surface area contributed by atoms with Crippen LogP contribution in [-0.4, -0.2) is 43.2 Å². The number of aromatic amines is 1. The Morgan fingerprint density at radius 1 is 0.776 bits per heavy atom. The lowest BCUT2D eigenvalue weighted by molar-refractivity contribution is 0.0695. The molecule has 264 valence electrons. The Morgan fingerprint density at radius 2 is 1.39 bits per heavy atom. The van der Waals surface area contributed by atoms with Crippen molar-refractivity contribution in [3.8, 4) is 16.9 Å². The van der Waals surface area contributed by atoms with Crippen LogP contribution in [0.3, 0.4) is 0 Å². The lowest BCUT2D eigenvalue weighted by Crippen LogP contribution is -2.17. The van der Waals surface area contributed by atoms with Gasteiger partial charge in [-0.15, -0.1) is 0 Å². The van der Waals surface area contributed by atoms with Crippen molar-refractivity contribution < 1.29 is 24.5 Å². The summed E-state index contributed by atoms with van der Waals surface area (Å²) >= 11 is 1.34. The number of thioether (sulfide) groups is 1. The number of aromatic carboxylic acids is 2. The molecule has 2 heterocycles. The highest BCUT2D eigenvalue weighted by molar-refractivity contribution is 7.98. The average molecular weight is 688 g/mol. The number of hydrogen-bond acceptors (Lipinski definition) is 6. The number of rotatable bonds is 22. The number of hydrogen-bond donors (Lipinski definition) is 3. The van der Waals surface area contributed by atoms with Gasteiger partial charge in [-0.1, -0.05) is 120 Å². The number of carboxylic acids is 2. The first-order chi connectivity index (χ1) is 23.7. The van der Waals surface area contributed by atoms with Crippen molar-refractivity contribution in [2.75, 3.05) is 0 Å². The van der Waals surface area contributed by atoms with Gasteiger partial charge >= 0.3 is 11.9 Å². The molecule has 0 spiro atoms. The number of para-hydroxylation sites is 2. The molecule has 0 unspecified atom stereocenters. The summed E-state index contributed by atoms with van der Waals surface area (Å²) in [6.45, 7) is 7.70. The molecule has 0 aliphatic rings. The second-order valence-corrected chi connectivity index (χ2v) is 14.1. The number of benzene rings is 2. The minimum absolute atomic E-state index is 0.110. The first-order valence-corrected chi connectivity index (χ1v) is 19.1. The van der Waals surface area contributed by atoms with Crippen molar-refractivity contribution in [2.24, 2.45) is 0 Å². The third-order valence-electron chi connectivity index (χ3n) is 8.87. The predicted molar refractivity (Wildman–Crippen MR) is 199 cm³/mol. The zero-order valence-corrected chi connectivity index (χ0v) is 30.5. The van der Waals surface area contributed by atoms with Crippen LogP contribution in [0.5, 0.6) is 5.75 Å². The number of carboxylic acid groups (broad SMARTS) is 2. The molecule has 0 bridgehead atoms. The molecule has 49 heavy (non-hydrogen) atoms. The summed E-state index contributed by atoms with van der Waals surface area (Å²) in [6.07, 6.45) is 16.8. The molecular weight excluding hydrogens is 635 g/mol. The van der Waals surface area contributed by atoms with Crippen LogP contribution in [-0.2, 0) is 12.2 Å². The summed E-state index contributed by atoms with van der Waals surface area (Å²) in [5.41, 5.74) is 3.60. The largest absolute Gasteiger partial charge is 0.490 e. The number of pyridine rings is 1. The lowest BCUT2D eigenvalue weighted by Gasteiger charge is -2.22. The van der Waals surface area contributed by atoms with Crippen molar-refractivity contribution in [3.63, 3.8) is 0 Å². The Balaban J connectivity index is 1.56. The van der Waals surface area contributed by atoms with Crippen LogP contribution < -0.4 is 4.74 Å². The topological polar surface area (TPSA) is 125 Å². The Labute approximate surface area is 295 Å². The van der Waals surface area contributed by atoms with E-state index < -0.39 is 11.9 Å². The molecule has 0 radical (unpaired) electrons. The van der Waals surface area contributed by atoms with E-state index >= 15 is 0 Å². The van der Waals surface area contributed by atoms with Gasteiger partial charge in [0.15, 0.2) is 5.16 Å². The fourth-order valence-corrected chi connectivity index (χ4v) is 7.33. The molecule has 0 saturated heterocycles. The SMILES string of the molecule is CCCCCCCCCCCCCCCc1cccc(OC(C)C)c1-c1c(C(=O)O)c(C)nc(CSc2nc3ccccc3[nH]2)c1C(=O)O. The first-order valence-electron chi connectivity index (χ1n) is 18.1. The van der Waals surface area contributed by atoms with Gasteiger partial charge in [0.2, 0.25) is 0 Å². The maximum Gasteiger partial charge on any atom is 0.338 e. The van der Waals surface area contributed by atoms with Gasteiger partial charge in [-0.3, -0.25) is 4.98 Å². The fourth-order valence-electron chi connectivity index (χ4n) is 6.50. The van der Waals surface area contributed by atoms with E-state index in [0.717, 1.165) is 35.9 Å². The molecule has 0 aliphatic carbocycles. The Kier molecular flexibility index (Phi) is 15.0. The van der Waals surface area contributed by atoms with E-state index in [0.29, 0.717) is 28.6 Å². The number of nitrogens with zero attached hydrogens (tertiary/aromatic N) is 2. The number of fused-ring (bicyclic) bond motifs is 1. The summed E-state index contributed by atoms with van der Waals surface area (Å²) < 4.78 is 6.25. The van der Waals surface area contributed by atoms with Crippen molar-refractivity contribution in [2.45, 2.75) is 135 Å². The molecule has 4 aromatic rings. The normalized spacial score (nSPS) is 11.4. The third-order valence-corrected chi connectivity index (χ3v) is 9.75. The second kappa shape index (κ2) is 19.4. The minimum atomic E-state index is -1.23. The fraction of sp³-hybridized carbons (Fsp3) is 0.500. The van der Waals surface area contributed by atoms with Gasteiger partial charge in [0, 0.05) is 16.9 Å². The molecule has 2 aromatic carbocycles. The van der Waals surface area contributed by atoms with Crippen LogP contribution in [0.2, 0.25) is 0 Å². The monoisotopic (exact) mass is 687 g/mol. The third kappa shape index (κ3) is 10.8. The zero-order chi connectivity index (χ0) is 35.2. The number of aromatic nitrogens is 3. The number of nitrogens with one attached hydrogen (secondary N) is 1. The molecule has 3 N–H and O–H groups in total. The van der Waals surface area contributed by atoms with Gasteiger partial charge in [0.1, 0.15) is 5.75 Å². The van der Waals surface area contributed by atoms with Crippen LogP contribution in [0, 0.1) is 6.92 Å². The quantitative estimate of drug-likeness (QED) is 0.0550. The average Bonchev–Trinajstić information content (AvgIpc) is 3.48. The highest BCUT2D eigenvalue weighted by Gasteiger charge is 2.30. The minimum Gasteiger partial charge on any atom is -0.490 e. The summed E-state index contributed by atoms with van der Waals surface area (Å²) in [5, 5.41) is 21.8. The van der Waals surface area contributed by atoms with E-state index in [4.69, 9.17) is 4.74 Å². The second-order valence-electron chi connectivity index (χ2n) is 13.2. The van der Waals surface area contributed by atoms with Crippen LogP contribution in [0.1, 0.15) is 142 Å². The van der Waals surface area contributed by atoms with Crippen LogP contribution >= 0.6 is 11.8 Å². The van der Waals surface area contributed by atoms with Gasteiger partial charge in [0.25, 0.3) is 0 Å². The molecule has 9 heteroatoms. The van der Waals surface area contributed by atoms with Gasteiger partial charge < -0.3 is 19.9 Å². The number of unbranched alkanes of at least 4 members (excludes halogenated alkanes) is 12. The van der Waals surface area contributed by atoms with E-state index in [1.54, 1.807) is 13.0 Å². The van der Waals surface area contributed by atoms with E-state index in [9.17, 15) is 19.8 Å². The Hall–Kier alpha value is -3.85. The smallest absolute Gasteiger partial charge is 0.338 e. The highest BCUT2D eigenvalue weighted by Crippen LogP contribution is 2.42. The molecule has 2 aromatic heterocycles. The number of H-pyrrole nitrogens is 1. The molecule has 4 rings (SSSR count). The van der Waals surface area contributed by atoms with Crippen molar-refractivity contribution >= 4 is 34.7 Å². The summed E-state index contributed by atoms with van der Waals surface area (Å²) in [4.78, 5) is 38.3. The van der Waals surface area contributed by atoms with Crippen LogP contribution in [0.15, 0.2) is 47.6 Å². The maximum absolute atomic E-state index is 13.1. The molecule has 0 aliphatic heterocycles. The lowest BCUT2D eigenvalue weighted by atomic mass is 9.87. The molecule has 0 atom stereocenters. The molecule has 0 saturated carbocycles. The van der Waals surface area contributed by atoms with E-state index in [-0.39, 0.29) is 34.2 Å². The molecule has 0 amide bonds. The van der Waals surface area contributed by atoms with Gasteiger partial charge in [-0.2, -0.15) is 0 Å². The molecular formula is C40H53N3O5S. The van der Waals surface area contributed by atoms with Gasteiger partial charge in [0.05, 0.1) is 39.7 Å². The summed E-state index contributed by atoms with van der Waals surface area (Å²) in [7, 11) is 0. The van der Waals surface area contributed by atoms with E-state index in [2.05, 4.69) is 21.9 Å². The zero-order valence-electron chi connectivity index (χ0n) is 29.6. The number of aryl methyl sites for hydroxylation is 2. The van der Waals surface area contributed by atoms with Crippen LogP contribution in [0.25, 0.3) is 22.2 Å². The van der Waals surface area contributed by atoms with Crippen molar-refractivity contribution in [1.82, 2.24) is 15.0 Å².